The van der Waals surface area contributed by atoms with Gasteiger partial charge in [0.2, 0.25) is 5.88 Å². The van der Waals surface area contributed by atoms with Crippen molar-refractivity contribution in [1.29, 1.82) is 0 Å². The monoisotopic (exact) mass is 448 g/mol. The van der Waals surface area contributed by atoms with Gasteiger partial charge in [-0.1, -0.05) is 48.5 Å². The quantitative estimate of drug-likeness (QED) is 0.399. The third-order valence-electron chi connectivity index (χ3n) is 4.58. The highest BCUT2D eigenvalue weighted by Gasteiger charge is 2.17. The van der Waals surface area contributed by atoms with Gasteiger partial charge in [-0.3, -0.25) is 9.78 Å². The summed E-state index contributed by atoms with van der Waals surface area (Å²) in [6.45, 7) is 0.579. The highest BCUT2D eigenvalue weighted by atomic mass is 79.9. The molecule has 1 N–H and O–H groups in total. The van der Waals surface area contributed by atoms with Gasteiger partial charge in [0.05, 0.1) is 11.1 Å². The summed E-state index contributed by atoms with van der Waals surface area (Å²) in [6, 6.07) is 19.2. The van der Waals surface area contributed by atoms with Gasteiger partial charge in [-0.15, -0.1) is 10.2 Å². The van der Waals surface area contributed by atoms with Gasteiger partial charge in [0.25, 0.3) is 5.91 Å². The molecule has 0 aliphatic rings. The smallest absolute Gasteiger partial charge is 0.297 e. The lowest BCUT2D eigenvalue weighted by atomic mass is 10.1. The van der Waals surface area contributed by atoms with Crippen LogP contribution in [0.15, 0.2) is 87.8 Å². The number of amides is 1. The number of fused-ring (bicyclic) bond motifs is 1. The molecule has 29 heavy (non-hydrogen) atoms. The van der Waals surface area contributed by atoms with Crippen molar-refractivity contribution in [3.63, 3.8) is 0 Å². The van der Waals surface area contributed by atoms with Gasteiger partial charge in [0, 0.05) is 28.8 Å². The van der Waals surface area contributed by atoms with Crippen LogP contribution in [0, 0.1) is 0 Å². The van der Waals surface area contributed by atoms with Crippen molar-refractivity contribution in [1.82, 2.24) is 9.55 Å². The number of hydrogen-bond acceptors (Lipinski definition) is 4. The van der Waals surface area contributed by atoms with Gasteiger partial charge >= 0.3 is 0 Å². The Balaban J connectivity index is 1.66. The second-order valence-corrected chi connectivity index (χ2v) is 7.39. The molecule has 0 fully saturated rings. The first-order valence-electron chi connectivity index (χ1n) is 9.04. The molecule has 7 heteroatoms. The molecule has 4 rings (SSSR count). The molecule has 2 aromatic heterocycles. The van der Waals surface area contributed by atoms with Gasteiger partial charge in [0.1, 0.15) is 0 Å². The van der Waals surface area contributed by atoms with Gasteiger partial charge < -0.3 is 9.67 Å². The fourth-order valence-corrected chi connectivity index (χ4v) is 3.53. The number of rotatable bonds is 5. The number of azo groups is 1. The third kappa shape index (κ3) is 4.09. The molecule has 2 aromatic carbocycles. The van der Waals surface area contributed by atoms with Crippen molar-refractivity contribution >= 4 is 38.4 Å². The summed E-state index contributed by atoms with van der Waals surface area (Å²) >= 11 is 3.28. The number of carbonyl (C=O) groups excluding carboxylic acids is 1. The molecule has 2 heterocycles. The van der Waals surface area contributed by atoms with Crippen LogP contribution in [-0.2, 0) is 13.0 Å². The normalized spacial score (nSPS) is 11.3. The average molecular weight is 449 g/mol. The molecular formula is C22H17BrN4O2. The third-order valence-corrected chi connectivity index (χ3v) is 5.01. The van der Waals surface area contributed by atoms with Crippen LogP contribution in [-0.4, -0.2) is 20.6 Å². The summed E-state index contributed by atoms with van der Waals surface area (Å²) in [5.74, 6) is -0.537. The molecule has 0 radical (unpaired) electrons. The number of aromatic hydroxyl groups is 1. The van der Waals surface area contributed by atoms with Crippen LogP contribution in [0.2, 0.25) is 0 Å². The van der Waals surface area contributed by atoms with E-state index in [2.05, 4.69) is 31.1 Å². The minimum absolute atomic E-state index is 0.00829. The van der Waals surface area contributed by atoms with Crippen molar-refractivity contribution in [2.45, 2.75) is 13.0 Å². The number of nitrogens with zero attached hydrogens (tertiary/aromatic N) is 4. The highest BCUT2D eigenvalue weighted by molar-refractivity contribution is 9.10. The molecular weight excluding hydrogens is 432 g/mol. The SMILES string of the molecule is O=C(N=Nc1c(O)n(CCc2ccccc2)c2ccccc12)c1cncc(Br)c1. The number of aromatic nitrogens is 2. The van der Waals surface area contributed by atoms with E-state index in [1.54, 1.807) is 16.8 Å². The molecule has 144 valence electrons. The standard InChI is InChI=1S/C22H17BrN4O2/c23-17-12-16(13-24-14-17)21(28)26-25-20-18-8-4-5-9-19(18)27(22(20)29)11-10-15-6-2-1-3-7-15/h1-9,12-14,29H,10-11H2. The zero-order valence-corrected chi connectivity index (χ0v) is 17.0. The largest absolute Gasteiger partial charge is 0.493 e. The van der Waals surface area contributed by atoms with E-state index in [0.717, 1.165) is 17.3 Å². The molecule has 0 saturated heterocycles. The van der Waals surface area contributed by atoms with E-state index in [1.807, 2.05) is 54.6 Å². The Hall–Kier alpha value is -3.32. The number of halogens is 1. The Morgan fingerprint density at radius 3 is 2.62 bits per heavy atom. The Bertz CT molecular complexity index is 1200. The maximum absolute atomic E-state index is 12.3. The fourth-order valence-electron chi connectivity index (χ4n) is 3.16. The summed E-state index contributed by atoms with van der Waals surface area (Å²) in [5.41, 5.74) is 2.61. The molecule has 0 saturated carbocycles. The van der Waals surface area contributed by atoms with Crippen molar-refractivity contribution < 1.29 is 9.90 Å². The van der Waals surface area contributed by atoms with Gasteiger partial charge in [-0.05, 0) is 40.0 Å². The Kier molecular flexibility index (Phi) is 5.48. The van der Waals surface area contributed by atoms with Crippen LogP contribution in [0.25, 0.3) is 10.9 Å². The highest BCUT2D eigenvalue weighted by Crippen LogP contribution is 2.39. The number of carbonyl (C=O) groups is 1. The molecule has 0 aliphatic heterocycles. The van der Waals surface area contributed by atoms with E-state index in [0.29, 0.717) is 16.6 Å². The van der Waals surface area contributed by atoms with Crippen molar-refractivity contribution in [3.8, 4) is 5.88 Å². The molecule has 0 spiro atoms. The maximum Gasteiger partial charge on any atom is 0.297 e. The van der Waals surface area contributed by atoms with E-state index in [-0.39, 0.29) is 11.6 Å². The van der Waals surface area contributed by atoms with E-state index < -0.39 is 5.91 Å². The Morgan fingerprint density at radius 2 is 1.83 bits per heavy atom. The summed E-state index contributed by atoms with van der Waals surface area (Å²) in [4.78, 5) is 16.3. The lowest BCUT2D eigenvalue weighted by Gasteiger charge is -2.07. The van der Waals surface area contributed by atoms with Crippen LogP contribution in [0.1, 0.15) is 15.9 Å². The Morgan fingerprint density at radius 1 is 1.07 bits per heavy atom. The van der Waals surface area contributed by atoms with Crippen LogP contribution in [0.5, 0.6) is 5.88 Å². The molecule has 1 amide bonds. The van der Waals surface area contributed by atoms with Crippen LogP contribution in [0.3, 0.4) is 0 Å². The van der Waals surface area contributed by atoms with Crippen LogP contribution >= 0.6 is 15.9 Å². The first-order valence-corrected chi connectivity index (χ1v) is 9.83. The van der Waals surface area contributed by atoms with Gasteiger partial charge in [0.15, 0.2) is 5.69 Å². The lowest BCUT2D eigenvalue weighted by molar-refractivity contribution is 0.0994. The van der Waals surface area contributed by atoms with Gasteiger partial charge in [-0.2, -0.15) is 0 Å². The zero-order valence-electron chi connectivity index (χ0n) is 15.4. The fraction of sp³-hybridized carbons (Fsp3) is 0.0909. The topological polar surface area (TPSA) is 79.8 Å². The summed E-state index contributed by atoms with van der Waals surface area (Å²) in [6.07, 6.45) is 3.77. The first kappa shape index (κ1) is 19.0. The minimum atomic E-state index is -0.528. The minimum Gasteiger partial charge on any atom is -0.493 e. The number of para-hydroxylation sites is 1. The second-order valence-electron chi connectivity index (χ2n) is 6.47. The zero-order chi connectivity index (χ0) is 20.2. The number of hydrogen-bond donors (Lipinski definition) is 1. The molecule has 6 nitrogen and oxygen atoms in total. The summed E-state index contributed by atoms with van der Waals surface area (Å²) < 4.78 is 2.47. The maximum atomic E-state index is 12.3. The van der Waals surface area contributed by atoms with Crippen LogP contribution in [0.4, 0.5) is 5.69 Å². The molecule has 4 aromatic rings. The lowest BCUT2D eigenvalue weighted by Crippen LogP contribution is -2.00. The Labute approximate surface area is 175 Å². The predicted octanol–water partition coefficient (Wildman–Crippen LogP) is 5.67. The molecule has 0 bridgehead atoms. The second kappa shape index (κ2) is 8.36. The van der Waals surface area contributed by atoms with Crippen molar-refractivity contribution in [2.75, 3.05) is 0 Å². The van der Waals surface area contributed by atoms with Crippen molar-refractivity contribution in [2.24, 2.45) is 10.2 Å². The van der Waals surface area contributed by atoms with E-state index in [4.69, 9.17) is 0 Å². The van der Waals surface area contributed by atoms with E-state index >= 15 is 0 Å². The summed E-state index contributed by atoms with van der Waals surface area (Å²) in [7, 11) is 0. The van der Waals surface area contributed by atoms with Crippen molar-refractivity contribution in [3.05, 3.63) is 88.7 Å². The number of aryl methyl sites for hydroxylation is 2. The average Bonchev–Trinajstić information content (AvgIpc) is 3.02. The molecule has 0 unspecified atom stereocenters. The predicted molar refractivity (Wildman–Crippen MR) is 115 cm³/mol. The van der Waals surface area contributed by atoms with Gasteiger partial charge in [-0.25, -0.2) is 0 Å². The number of pyridine rings is 1. The molecule has 0 aliphatic carbocycles. The van der Waals surface area contributed by atoms with Crippen LogP contribution < -0.4 is 0 Å². The van der Waals surface area contributed by atoms with E-state index in [9.17, 15) is 9.90 Å². The number of benzene rings is 2. The first-order chi connectivity index (χ1) is 14.1. The molecule has 0 atom stereocenters. The van der Waals surface area contributed by atoms with E-state index in [1.165, 1.54) is 11.8 Å². The summed E-state index contributed by atoms with van der Waals surface area (Å²) in [5, 5.41) is 19.4.